The van der Waals surface area contributed by atoms with Crippen molar-refractivity contribution in [2.24, 2.45) is 5.84 Å². The Balaban J connectivity index is 3.19. The molecular formula is C11H12F3N3. The van der Waals surface area contributed by atoms with Crippen LogP contribution in [-0.2, 0) is 6.18 Å². The van der Waals surface area contributed by atoms with E-state index in [1.807, 2.05) is 0 Å². The Morgan fingerprint density at radius 1 is 1.41 bits per heavy atom. The van der Waals surface area contributed by atoms with Crippen molar-refractivity contribution in [2.45, 2.75) is 18.6 Å². The summed E-state index contributed by atoms with van der Waals surface area (Å²) in [7, 11) is 0. The fourth-order valence-electron chi connectivity index (χ4n) is 1.43. The molecule has 0 saturated carbocycles. The van der Waals surface area contributed by atoms with Crippen molar-refractivity contribution in [3.8, 4) is 12.3 Å². The third-order valence-corrected chi connectivity index (χ3v) is 2.31. The second-order valence-corrected chi connectivity index (χ2v) is 3.47. The van der Waals surface area contributed by atoms with E-state index in [1.165, 1.54) is 6.07 Å². The minimum absolute atomic E-state index is 0.155. The summed E-state index contributed by atoms with van der Waals surface area (Å²) in [6, 6.07) is 2.47. The molecular weight excluding hydrogens is 231 g/mol. The predicted octanol–water partition coefficient (Wildman–Crippen LogP) is 1.82. The van der Waals surface area contributed by atoms with E-state index in [-0.39, 0.29) is 17.7 Å². The predicted molar refractivity (Wildman–Crippen MR) is 59.4 cm³/mol. The molecule has 0 heterocycles. The average molecular weight is 243 g/mol. The summed E-state index contributed by atoms with van der Waals surface area (Å²) < 4.78 is 37.6. The quantitative estimate of drug-likeness (QED) is 0.328. The molecule has 1 rings (SSSR count). The number of terminal acetylenes is 1. The molecule has 17 heavy (non-hydrogen) atoms. The fourth-order valence-corrected chi connectivity index (χ4v) is 1.43. The van der Waals surface area contributed by atoms with Crippen LogP contribution in [0.15, 0.2) is 18.2 Å². The summed E-state index contributed by atoms with van der Waals surface area (Å²) in [6.45, 7) is 0. The van der Waals surface area contributed by atoms with Gasteiger partial charge in [-0.3, -0.25) is 11.3 Å². The molecule has 0 aromatic heterocycles. The van der Waals surface area contributed by atoms with Crippen LogP contribution in [0.3, 0.4) is 0 Å². The molecule has 1 unspecified atom stereocenters. The molecule has 0 spiro atoms. The number of alkyl halides is 3. The molecule has 3 nitrogen and oxygen atoms in total. The van der Waals surface area contributed by atoms with Crippen LogP contribution < -0.4 is 17.0 Å². The fraction of sp³-hybridized carbons (Fsp3) is 0.273. The van der Waals surface area contributed by atoms with Crippen LogP contribution in [-0.4, -0.2) is 0 Å². The summed E-state index contributed by atoms with van der Waals surface area (Å²) in [5, 5.41) is 0. The first-order valence-electron chi connectivity index (χ1n) is 4.76. The van der Waals surface area contributed by atoms with Crippen molar-refractivity contribution >= 4 is 5.69 Å². The van der Waals surface area contributed by atoms with Gasteiger partial charge >= 0.3 is 6.18 Å². The normalized spacial score (nSPS) is 13.1. The monoisotopic (exact) mass is 243 g/mol. The Kier molecular flexibility index (Phi) is 3.99. The van der Waals surface area contributed by atoms with Crippen LogP contribution in [0.2, 0.25) is 0 Å². The van der Waals surface area contributed by atoms with Gasteiger partial charge in [-0.15, -0.1) is 12.3 Å². The van der Waals surface area contributed by atoms with Gasteiger partial charge in [0.1, 0.15) is 0 Å². The zero-order chi connectivity index (χ0) is 13.1. The van der Waals surface area contributed by atoms with Crippen LogP contribution in [0.1, 0.15) is 23.6 Å². The lowest BCUT2D eigenvalue weighted by atomic mass is 10.00. The number of hydrogen-bond donors (Lipinski definition) is 3. The van der Waals surface area contributed by atoms with Crippen LogP contribution in [0, 0.1) is 12.3 Å². The highest BCUT2D eigenvalue weighted by Gasteiger charge is 2.31. The van der Waals surface area contributed by atoms with Gasteiger partial charge in [0, 0.05) is 12.1 Å². The first-order valence-corrected chi connectivity index (χ1v) is 4.76. The van der Waals surface area contributed by atoms with Crippen LogP contribution in [0.4, 0.5) is 18.9 Å². The SMILES string of the molecule is C#CCC(NN)c1cc(C(F)(F)F)ccc1N. The highest BCUT2D eigenvalue weighted by Crippen LogP contribution is 2.33. The molecule has 0 radical (unpaired) electrons. The molecule has 0 bridgehead atoms. The van der Waals surface area contributed by atoms with Gasteiger partial charge in [-0.25, -0.2) is 0 Å². The van der Waals surface area contributed by atoms with Crippen molar-refractivity contribution in [2.75, 3.05) is 5.73 Å². The van der Waals surface area contributed by atoms with Crippen molar-refractivity contribution in [1.29, 1.82) is 0 Å². The number of anilines is 1. The van der Waals surface area contributed by atoms with Crippen molar-refractivity contribution < 1.29 is 13.2 Å². The van der Waals surface area contributed by atoms with Crippen LogP contribution in [0.5, 0.6) is 0 Å². The van der Waals surface area contributed by atoms with E-state index in [2.05, 4.69) is 11.3 Å². The maximum Gasteiger partial charge on any atom is 0.416 e. The number of hydrogen-bond acceptors (Lipinski definition) is 3. The topological polar surface area (TPSA) is 64.1 Å². The highest BCUT2D eigenvalue weighted by molar-refractivity contribution is 5.51. The van der Waals surface area contributed by atoms with E-state index >= 15 is 0 Å². The molecule has 1 atom stereocenters. The molecule has 0 aliphatic rings. The number of nitrogens with two attached hydrogens (primary N) is 2. The van der Waals surface area contributed by atoms with Crippen molar-refractivity contribution in [3.05, 3.63) is 29.3 Å². The third kappa shape index (κ3) is 3.12. The number of halogens is 3. The maximum absolute atomic E-state index is 12.5. The maximum atomic E-state index is 12.5. The molecule has 1 aromatic carbocycles. The summed E-state index contributed by atoms with van der Waals surface area (Å²) in [5.74, 6) is 7.56. The zero-order valence-corrected chi connectivity index (χ0v) is 8.88. The minimum atomic E-state index is -4.42. The number of rotatable bonds is 3. The van der Waals surface area contributed by atoms with Gasteiger partial charge in [-0.1, -0.05) is 0 Å². The largest absolute Gasteiger partial charge is 0.416 e. The summed E-state index contributed by atoms with van der Waals surface area (Å²) >= 11 is 0. The molecule has 5 N–H and O–H groups in total. The molecule has 6 heteroatoms. The van der Waals surface area contributed by atoms with E-state index in [4.69, 9.17) is 18.0 Å². The Labute approximate surface area is 97.0 Å². The molecule has 0 fully saturated rings. The van der Waals surface area contributed by atoms with Crippen molar-refractivity contribution in [1.82, 2.24) is 5.43 Å². The zero-order valence-electron chi connectivity index (χ0n) is 8.88. The number of nitrogen functional groups attached to an aromatic ring is 1. The van der Waals surface area contributed by atoms with Gasteiger partial charge in [-0.05, 0) is 23.8 Å². The lowest BCUT2D eigenvalue weighted by Crippen LogP contribution is -2.28. The molecule has 0 saturated heterocycles. The number of nitrogens with one attached hydrogen (secondary N) is 1. The first kappa shape index (κ1) is 13.4. The van der Waals surface area contributed by atoms with E-state index in [9.17, 15) is 13.2 Å². The van der Waals surface area contributed by atoms with Crippen LogP contribution >= 0.6 is 0 Å². The van der Waals surface area contributed by atoms with E-state index in [0.29, 0.717) is 0 Å². The number of hydrazine groups is 1. The first-order chi connectivity index (χ1) is 7.90. The minimum Gasteiger partial charge on any atom is -0.398 e. The van der Waals surface area contributed by atoms with Gasteiger partial charge in [0.25, 0.3) is 0 Å². The van der Waals surface area contributed by atoms with Crippen molar-refractivity contribution in [3.63, 3.8) is 0 Å². The van der Waals surface area contributed by atoms with E-state index < -0.39 is 17.8 Å². The standard InChI is InChI=1S/C11H12F3N3/c1-2-3-10(17-16)8-6-7(11(12,13)14)4-5-9(8)15/h1,4-6,10,17H,3,15-16H2. The van der Waals surface area contributed by atoms with Gasteiger partial charge in [0.05, 0.1) is 11.6 Å². The van der Waals surface area contributed by atoms with E-state index in [1.54, 1.807) is 0 Å². The lowest BCUT2D eigenvalue weighted by molar-refractivity contribution is -0.137. The molecule has 0 aliphatic heterocycles. The van der Waals surface area contributed by atoms with Gasteiger partial charge in [0.2, 0.25) is 0 Å². The molecule has 1 aromatic rings. The highest BCUT2D eigenvalue weighted by atomic mass is 19.4. The number of benzene rings is 1. The molecule has 0 amide bonds. The molecule has 92 valence electrons. The Morgan fingerprint density at radius 2 is 2.06 bits per heavy atom. The van der Waals surface area contributed by atoms with Crippen LogP contribution in [0.25, 0.3) is 0 Å². The Hall–Kier alpha value is -1.71. The van der Waals surface area contributed by atoms with E-state index in [0.717, 1.165) is 12.1 Å². The van der Waals surface area contributed by atoms with Gasteiger partial charge in [-0.2, -0.15) is 13.2 Å². The second-order valence-electron chi connectivity index (χ2n) is 3.47. The molecule has 0 aliphatic carbocycles. The smallest absolute Gasteiger partial charge is 0.398 e. The summed E-state index contributed by atoms with van der Waals surface area (Å²) in [4.78, 5) is 0. The Morgan fingerprint density at radius 3 is 2.53 bits per heavy atom. The Bertz CT molecular complexity index is 435. The summed E-state index contributed by atoms with van der Waals surface area (Å²) in [6.07, 6.45) is 0.844. The second kappa shape index (κ2) is 5.08. The van der Waals surface area contributed by atoms with Gasteiger partial charge < -0.3 is 5.73 Å². The summed E-state index contributed by atoms with van der Waals surface area (Å²) in [5.41, 5.74) is 7.65. The van der Waals surface area contributed by atoms with Gasteiger partial charge in [0.15, 0.2) is 0 Å². The lowest BCUT2D eigenvalue weighted by Gasteiger charge is -2.17. The third-order valence-electron chi connectivity index (χ3n) is 2.31. The average Bonchev–Trinajstić information content (AvgIpc) is 2.25.